The smallest absolute Gasteiger partial charge is 0.130 e. The van der Waals surface area contributed by atoms with Gasteiger partial charge in [0.15, 0.2) is 0 Å². The second kappa shape index (κ2) is 3.60. The molecule has 10 heavy (non-hydrogen) atoms. The SMILES string of the molecule is CSc1cc(Cl)ncc1Br. The molecule has 0 spiro atoms. The van der Waals surface area contributed by atoms with Crippen LogP contribution in [0.3, 0.4) is 0 Å². The lowest BCUT2D eigenvalue weighted by molar-refractivity contribution is 1.23. The van der Waals surface area contributed by atoms with Crippen LogP contribution >= 0.6 is 39.3 Å². The van der Waals surface area contributed by atoms with E-state index in [0.717, 1.165) is 9.37 Å². The molecule has 0 aliphatic rings. The first-order valence-electron chi connectivity index (χ1n) is 2.59. The fourth-order valence-corrected chi connectivity index (χ4v) is 1.96. The molecule has 1 aromatic heterocycles. The third kappa shape index (κ3) is 1.87. The lowest BCUT2D eigenvalue weighted by Gasteiger charge is -1.98. The van der Waals surface area contributed by atoms with E-state index >= 15 is 0 Å². The molecule has 0 aromatic carbocycles. The summed E-state index contributed by atoms with van der Waals surface area (Å²) in [4.78, 5) is 5.00. The van der Waals surface area contributed by atoms with Gasteiger partial charge in [0.2, 0.25) is 0 Å². The van der Waals surface area contributed by atoms with Crippen LogP contribution in [0.25, 0.3) is 0 Å². The molecule has 1 rings (SSSR count). The van der Waals surface area contributed by atoms with Gasteiger partial charge in [-0.05, 0) is 28.3 Å². The Bertz CT molecular complexity index is 241. The fourth-order valence-electron chi connectivity index (χ4n) is 0.553. The van der Waals surface area contributed by atoms with Crippen LogP contribution in [0.5, 0.6) is 0 Å². The maximum absolute atomic E-state index is 5.65. The molecule has 0 N–H and O–H groups in total. The molecule has 0 saturated carbocycles. The number of hydrogen-bond acceptors (Lipinski definition) is 2. The summed E-state index contributed by atoms with van der Waals surface area (Å²) in [5.41, 5.74) is 0. The minimum atomic E-state index is 0.535. The van der Waals surface area contributed by atoms with Gasteiger partial charge in [0.25, 0.3) is 0 Å². The molecular weight excluding hydrogens is 233 g/mol. The third-order valence-electron chi connectivity index (χ3n) is 1.01. The van der Waals surface area contributed by atoms with Gasteiger partial charge in [0.05, 0.1) is 0 Å². The number of rotatable bonds is 1. The minimum absolute atomic E-state index is 0.535. The number of halogens is 2. The van der Waals surface area contributed by atoms with Crippen molar-refractivity contribution >= 4 is 39.3 Å². The average Bonchev–Trinajstić information content (AvgIpc) is 1.94. The van der Waals surface area contributed by atoms with E-state index in [1.165, 1.54) is 0 Å². The highest BCUT2D eigenvalue weighted by Gasteiger charge is 1.98. The second-order valence-electron chi connectivity index (χ2n) is 1.64. The molecule has 0 atom stereocenters. The standard InChI is InChI=1S/C6H5BrClNS/c1-10-5-2-6(8)9-3-4(5)7/h2-3H,1H3. The van der Waals surface area contributed by atoms with Crippen LogP contribution in [0.15, 0.2) is 21.6 Å². The monoisotopic (exact) mass is 237 g/mol. The van der Waals surface area contributed by atoms with Crippen molar-refractivity contribution in [2.75, 3.05) is 6.26 Å². The van der Waals surface area contributed by atoms with Crippen molar-refractivity contribution in [3.8, 4) is 0 Å². The predicted molar refractivity (Wildman–Crippen MR) is 48.7 cm³/mol. The Morgan fingerprint density at radius 2 is 2.40 bits per heavy atom. The number of pyridine rings is 1. The average molecular weight is 239 g/mol. The van der Waals surface area contributed by atoms with E-state index in [-0.39, 0.29) is 0 Å². The number of nitrogens with zero attached hydrogens (tertiary/aromatic N) is 1. The molecule has 1 aromatic rings. The van der Waals surface area contributed by atoms with Crippen LogP contribution in [-0.4, -0.2) is 11.2 Å². The van der Waals surface area contributed by atoms with Crippen LogP contribution < -0.4 is 0 Å². The van der Waals surface area contributed by atoms with Gasteiger partial charge < -0.3 is 0 Å². The van der Waals surface area contributed by atoms with E-state index in [1.54, 1.807) is 18.0 Å². The summed E-state index contributed by atoms with van der Waals surface area (Å²) in [7, 11) is 0. The molecule has 0 unspecified atom stereocenters. The van der Waals surface area contributed by atoms with E-state index in [4.69, 9.17) is 11.6 Å². The zero-order valence-electron chi connectivity index (χ0n) is 5.27. The molecule has 0 saturated heterocycles. The second-order valence-corrected chi connectivity index (χ2v) is 3.73. The summed E-state index contributed by atoms with van der Waals surface area (Å²) in [5, 5.41) is 0.535. The van der Waals surface area contributed by atoms with Gasteiger partial charge in [0.1, 0.15) is 5.15 Å². The van der Waals surface area contributed by atoms with Gasteiger partial charge in [0, 0.05) is 15.6 Å². The molecule has 0 radical (unpaired) electrons. The summed E-state index contributed by atoms with van der Waals surface area (Å²) in [6.45, 7) is 0. The van der Waals surface area contributed by atoms with Gasteiger partial charge in [-0.25, -0.2) is 4.98 Å². The highest BCUT2D eigenvalue weighted by molar-refractivity contribution is 9.10. The maximum Gasteiger partial charge on any atom is 0.130 e. The normalized spacial score (nSPS) is 9.90. The van der Waals surface area contributed by atoms with Crippen molar-refractivity contribution in [1.29, 1.82) is 0 Å². The molecule has 4 heteroatoms. The van der Waals surface area contributed by atoms with E-state index in [9.17, 15) is 0 Å². The fraction of sp³-hybridized carbons (Fsp3) is 0.167. The summed E-state index contributed by atoms with van der Waals surface area (Å²) in [6.07, 6.45) is 3.70. The highest BCUT2D eigenvalue weighted by Crippen LogP contribution is 2.26. The number of hydrogen-bond donors (Lipinski definition) is 0. The van der Waals surface area contributed by atoms with E-state index < -0.39 is 0 Å². The Balaban J connectivity index is 3.09. The number of aromatic nitrogens is 1. The van der Waals surface area contributed by atoms with Gasteiger partial charge in [-0.15, -0.1) is 11.8 Å². The van der Waals surface area contributed by atoms with Gasteiger partial charge >= 0.3 is 0 Å². The molecule has 0 bridgehead atoms. The molecule has 0 aliphatic carbocycles. The topological polar surface area (TPSA) is 12.9 Å². The van der Waals surface area contributed by atoms with Crippen LogP contribution in [-0.2, 0) is 0 Å². The molecule has 0 aliphatic heterocycles. The van der Waals surface area contributed by atoms with E-state index in [2.05, 4.69) is 20.9 Å². The lowest BCUT2D eigenvalue weighted by Crippen LogP contribution is -1.77. The third-order valence-corrected chi connectivity index (χ3v) is 2.89. The Labute approximate surface area is 77.3 Å². The van der Waals surface area contributed by atoms with Crippen molar-refractivity contribution in [2.24, 2.45) is 0 Å². The van der Waals surface area contributed by atoms with Crippen molar-refractivity contribution < 1.29 is 0 Å². The summed E-state index contributed by atoms with van der Waals surface area (Å²) >= 11 is 10.6. The molecule has 54 valence electrons. The van der Waals surface area contributed by atoms with Gasteiger partial charge in [-0.2, -0.15) is 0 Å². The van der Waals surface area contributed by atoms with E-state index in [0.29, 0.717) is 5.15 Å². The van der Waals surface area contributed by atoms with Crippen LogP contribution in [0.4, 0.5) is 0 Å². The van der Waals surface area contributed by atoms with Crippen molar-refractivity contribution in [3.63, 3.8) is 0 Å². The molecule has 1 nitrogen and oxygen atoms in total. The van der Waals surface area contributed by atoms with Crippen LogP contribution in [0.2, 0.25) is 5.15 Å². The van der Waals surface area contributed by atoms with Crippen molar-refractivity contribution in [2.45, 2.75) is 4.90 Å². The quantitative estimate of drug-likeness (QED) is 0.550. The molecule has 1 heterocycles. The van der Waals surface area contributed by atoms with Gasteiger partial charge in [-0.3, -0.25) is 0 Å². The molecule has 0 amide bonds. The summed E-state index contributed by atoms with van der Waals surface area (Å²) in [5.74, 6) is 0. The highest BCUT2D eigenvalue weighted by atomic mass is 79.9. The molecule has 0 fully saturated rings. The Hall–Kier alpha value is 0.270. The first-order chi connectivity index (χ1) is 4.74. The number of thioether (sulfide) groups is 1. The molecular formula is C6H5BrClNS. The Morgan fingerprint density at radius 1 is 1.70 bits per heavy atom. The van der Waals surface area contributed by atoms with Crippen molar-refractivity contribution in [3.05, 3.63) is 21.9 Å². The Morgan fingerprint density at radius 3 is 2.90 bits per heavy atom. The summed E-state index contributed by atoms with van der Waals surface area (Å²) < 4.78 is 0.990. The zero-order valence-corrected chi connectivity index (χ0v) is 8.42. The van der Waals surface area contributed by atoms with Crippen LogP contribution in [0.1, 0.15) is 0 Å². The first kappa shape index (κ1) is 8.37. The Kier molecular flexibility index (Phi) is 3.01. The maximum atomic E-state index is 5.65. The zero-order chi connectivity index (χ0) is 7.56. The van der Waals surface area contributed by atoms with E-state index in [1.807, 2.05) is 12.3 Å². The lowest BCUT2D eigenvalue weighted by atomic mass is 10.5. The largest absolute Gasteiger partial charge is 0.243 e. The summed E-state index contributed by atoms with van der Waals surface area (Å²) in [6, 6.07) is 1.83. The van der Waals surface area contributed by atoms with Crippen molar-refractivity contribution in [1.82, 2.24) is 4.98 Å². The predicted octanol–water partition coefficient (Wildman–Crippen LogP) is 3.22. The minimum Gasteiger partial charge on any atom is -0.243 e. The van der Waals surface area contributed by atoms with Gasteiger partial charge in [-0.1, -0.05) is 11.6 Å². The first-order valence-corrected chi connectivity index (χ1v) is 4.98. The van der Waals surface area contributed by atoms with Crippen LogP contribution in [0, 0.1) is 0 Å².